The van der Waals surface area contributed by atoms with Crippen LogP contribution in [0.4, 0.5) is 5.82 Å². The Bertz CT molecular complexity index is 829. The molecular weight excluding hydrogens is 268 g/mol. The molecule has 0 aliphatic carbocycles. The molecule has 7 nitrogen and oxygen atoms in total. The Kier molecular flexibility index (Phi) is 2.60. The predicted molar refractivity (Wildman–Crippen MR) is 74.6 cm³/mol. The Morgan fingerprint density at radius 3 is 3.19 bits per heavy atom. The lowest BCUT2D eigenvalue weighted by molar-refractivity contribution is 0.494. The molecule has 4 rings (SSSR count). The van der Waals surface area contributed by atoms with Crippen LogP contribution in [0.2, 0.25) is 0 Å². The Balaban J connectivity index is 1.61. The number of anilines is 1. The van der Waals surface area contributed by atoms with E-state index in [1.165, 1.54) is 0 Å². The van der Waals surface area contributed by atoms with E-state index >= 15 is 0 Å². The molecule has 1 saturated heterocycles. The first-order valence-electron chi connectivity index (χ1n) is 6.73. The van der Waals surface area contributed by atoms with Gasteiger partial charge in [0.2, 0.25) is 0 Å². The second kappa shape index (κ2) is 4.59. The summed E-state index contributed by atoms with van der Waals surface area (Å²) in [6, 6.07) is 4.22. The number of fused-ring (bicyclic) bond motifs is 1. The van der Waals surface area contributed by atoms with Crippen molar-refractivity contribution in [2.24, 2.45) is 0 Å². The van der Waals surface area contributed by atoms with Crippen molar-refractivity contribution in [3.05, 3.63) is 36.5 Å². The molecule has 3 aromatic heterocycles. The highest BCUT2D eigenvalue weighted by atomic mass is 16.3. The van der Waals surface area contributed by atoms with Crippen LogP contribution in [0, 0.1) is 11.3 Å². The van der Waals surface area contributed by atoms with Gasteiger partial charge in [0, 0.05) is 24.7 Å². The SMILES string of the molecule is N#Cc1cnn(C2CCN(c3nncc4ccoc34)C2)c1. The summed E-state index contributed by atoms with van der Waals surface area (Å²) in [7, 11) is 0. The second-order valence-corrected chi connectivity index (χ2v) is 5.08. The number of hydrogen-bond donors (Lipinski definition) is 0. The zero-order valence-corrected chi connectivity index (χ0v) is 11.2. The average Bonchev–Trinajstić information content (AvgIpc) is 3.25. The first kappa shape index (κ1) is 11.9. The standard InChI is InChI=1S/C14H12N6O/c15-5-10-6-17-20(8-10)12-1-3-19(9-12)14-13-11(2-4-21-13)7-16-18-14/h2,4,6-8,12H,1,3,9H2. The summed E-state index contributed by atoms with van der Waals surface area (Å²) in [5, 5.41) is 22.3. The van der Waals surface area contributed by atoms with E-state index in [0.29, 0.717) is 5.56 Å². The van der Waals surface area contributed by atoms with E-state index in [9.17, 15) is 0 Å². The van der Waals surface area contributed by atoms with Crippen LogP contribution in [-0.4, -0.2) is 33.1 Å². The summed E-state index contributed by atoms with van der Waals surface area (Å²) < 4.78 is 7.37. The van der Waals surface area contributed by atoms with Gasteiger partial charge in [-0.05, 0) is 12.5 Å². The van der Waals surface area contributed by atoms with Crippen molar-refractivity contribution in [1.82, 2.24) is 20.0 Å². The fourth-order valence-electron chi connectivity index (χ4n) is 2.75. The van der Waals surface area contributed by atoms with Gasteiger partial charge in [0.1, 0.15) is 6.07 Å². The van der Waals surface area contributed by atoms with Crippen LogP contribution in [0.5, 0.6) is 0 Å². The summed E-state index contributed by atoms with van der Waals surface area (Å²) in [6.45, 7) is 1.64. The van der Waals surface area contributed by atoms with E-state index < -0.39 is 0 Å². The molecule has 0 bridgehead atoms. The lowest BCUT2D eigenvalue weighted by Gasteiger charge is -2.16. The predicted octanol–water partition coefficient (Wildman–Crippen LogP) is 1.74. The highest BCUT2D eigenvalue weighted by molar-refractivity contribution is 5.86. The van der Waals surface area contributed by atoms with Gasteiger partial charge in [-0.25, -0.2) is 0 Å². The minimum atomic E-state index is 0.235. The van der Waals surface area contributed by atoms with E-state index in [2.05, 4.69) is 26.3 Å². The number of nitriles is 1. The first-order valence-corrected chi connectivity index (χ1v) is 6.73. The molecule has 21 heavy (non-hydrogen) atoms. The molecule has 1 atom stereocenters. The highest BCUT2D eigenvalue weighted by Gasteiger charge is 2.27. The van der Waals surface area contributed by atoms with E-state index in [4.69, 9.17) is 9.68 Å². The van der Waals surface area contributed by atoms with Gasteiger partial charge in [0.05, 0.1) is 30.3 Å². The lowest BCUT2D eigenvalue weighted by Crippen LogP contribution is -2.22. The molecule has 4 heterocycles. The first-order chi connectivity index (χ1) is 10.3. The maximum Gasteiger partial charge on any atom is 0.195 e. The molecule has 0 spiro atoms. The second-order valence-electron chi connectivity index (χ2n) is 5.08. The molecular formula is C14H12N6O. The van der Waals surface area contributed by atoms with Gasteiger partial charge in [0.25, 0.3) is 0 Å². The quantitative estimate of drug-likeness (QED) is 0.711. The number of furan rings is 1. The molecule has 1 aliphatic heterocycles. The largest absolute Gasteiger partial charge is 0.460 e. The van der Waals surface area contributed by atoms with Crippen LogP contribution >= 0.6 is 0 Å². The molecule has 0 amide bonds. The zero-order valence-electron chi connectivity index (χ0n) is 11.2. The van der Waals surface area contributed by atoms with Crippen molar-refractivity contribution in [1.29, 1.82) is 5.26 Å². The molecule has 0 saturated carbocycles. The van der Waals surface area contributed by atoms with Crippen LogP contribution in [-0.2, 0) is 0 Å². The Hall–Kier alpha value is -2.88. The maximum absolute atomic E-state index is 8.87. The number of nitrogens with zero attached hydrogens (tertiary/aromatic N) is 6. The lowest BCUT2D eigenvalue weighted by atomic mass is 10.3. The van der Waals surface area contributed by atoms with Crippen LogP contribution in [0.3, 0.4) is 0 Å². The Morgan fingerprint density at radius 1 is 1.38 bits per heavy atom. The molecule has 0 radical (unpaired) electrons. The van der Waals surface area contributed by atoms with Crippen molar-refractivity contribution in [2.75, 3.05) is 18.0 Å². The summed E-state index contributed by atoms with van der Waals surface area (Å²) in [4.78, 5) is 2.15. The van der Waals surface area contributed by atoms with Gasteiger partial charge < -0.3 is 9.32 Å². The van der Waals surface area contributed by atoms with Crippen LogP contribution < -0.4 is 4.90 Å². The van der Waals surface area contributed by atoms with Gasteiger partial charge in [0.15, 0.2) is 11.4 Å². The third-order valence-electron chi connectivity index (χ3n) is 3.82. The summed E-state index contributed by atoms with van der Waals surface area (Å²) in [6.07, 6.45) is 7.68. The summed E-state index contributed by atoms with van der Waals surface area (Å²) in [5.41, 5.74) is 1.35. The number of hydrogen-bond acceptors (Lipinski definition) is 6. The summed E-state index contributed by atoms with van der Waals surface area (Å²) >= 11 is 0. The molecule has 1 unspecified atom stereocenters. The topological polar surface area (TPSA) is 83.8 Å². The zero-order chi connectivity index (χ0) is 14.2. The van der Waals surface area contributed by atoms with Gasteiger partial charge in [-0.1, -0.05) is 0 Å². The number of rotatable bonds is 2. The normalized spacial score (nSPS) is 18.2. The molecule has 0 N–H and O–H groups in total. The Labute approximate surface area is 120 Å². The molecule has 104 valence electrons. The third-order valence-corrected chi connectivity index (χ3v) is 3.82. The van der Waals surface area contributed by atoms with Gasteiger partial charge in [-0.2, -0.15) is 15.5 Å². The molecule has 3 aromatic rings. The smallest absolute Gasteiger partial charge is 0.195 e. The van der Waals surface area contributed by atoms with E-state index in [1.807, 2.05) is 10.7 Å². The molecule has 0 aromatic carbocycles. The van der Waals surface area contributed by atoms with Crippen molar-refractivity contribution >= 4 is 16.8 Å². The highest BCUT2D eigenvalue weighted by Crippen LogP contribution is 2.30. The minimum Gasteiger partial charge on any atom is -0.460 e. The molecule has 1 aliphatic rings. The number of aromatic nitrogens is 4. The molecule has 7 heteroatoms. The van der Waals surface area contributed by atoms with Crippen molar-refractivity contribution in [3.63, 3.8) is 0 Å². The summed E-state index contributed by atoms with van der Waals surface area (Å²) in [5.74, 6) is 0.771. The monoisotopic (exact) mass is 280 g/mol. The van der Waals surface area contributed by atoms with Crippen LogP contribution in [0.25, 0.3) is 11.0 Å². The van der Waals surface area contributed by atoms with E-state index in [-0.39, 0.29) is 6.04 Å². The average molecular weight is 280 g/mol. The molecule has 1 fully saturated rings. The third kappa shape index (κ3) is 1.92. The van der Waals surface area contributed by atoms with Gasteiger partial charge >= 0.3 is 0 Å². The van der Waals surface area contributed by atoms with E-state index in [0.717, 1.165) is 36.3 Å². The van der Waals surface area contributed by atoms with E-state index in [1.54, 1.807) is 24.9 Å². The maximum atomic E-state index is 8.87. The van der Waals surface area contributed by atoms with Gasteiger partial charge in [-0.15, -0.1) is 5.10 Å². The van der Waals surface area contributed by atoms with Crippen molar-refractivity contribution in [2.45, 2.75) is 12.5 Å². The van der Waals surface area contributed by atoms with Crippen LogP contribution in [0.15, 0.2) is 35.3 Å². The fourth-order valence-corrected chi connectivity index (χ4v) is 2.75. The van der Waals surface area contributed by atoms with Crippen molar-refractivity contribution in [3.8, 4) is 6.07 Å². The van der Waals surface area contributed by atoms with Gasteiger partial charge in [-0.3, -0.25) is 4.68 Å². The Morgan fingerprint density at radius 2 is 2.33 bits per heavy atom. The fraction of sp³-hybridized carbons (Fsp3) is 0.286. The minimum absolute atomic E-state index is 0.235. The van der Waals surface area contributed by atoms with Crippen LogP contribution in [0.1, 0.15) is 18.0 Å². The van der Waals surface area contributed by atoms with Crippen molar-refractivity contribution < 1.29 is 4.42 Å².